The normalized spacial score (nSPS) is 20.8. The Balaban J connectivity index is 1.39. The molecule has 0 spiro atoms. The lowest BCUT2D eigenvalue weighted by molar-refractivity contribution is 0.0772. The van der Waals surface area contributed by atoms with E-state index in [-0.39, 0.29) is 17.4 Å². The lowest BCUT2D eigenvalue weighted by atomic mass is 9.96. The number of ether oxygens (including phenoxy) is 1. The van der Waals surface area contributed by atoms with Gasteiger partial charge in [-0.2, -0.15) is 5.26 Å². The number of rotatable bonds is 4. The van der Waals surface area contributed by atoms with Crippen LogP contribution >= 0.6 is 0 Å². The zero-order valence-electron chi connectivity index (χ0n) is 13.9. The molecule has 1 aromatic heterocycles. The third-order valence-electron chi connectivity index (χ3n) is 5.02. The Labute approximate surface area is 146 Å². The molecule has 1 amide bonds. The summed E-state index contributed by atoms with van der Waals surface area (Å²) in [6.07, 6.45) is 6.04. The van der Waals surface area contributed by atoms with E-state index < -0.39 is 0 Å². The van der Waals surface area contributed by atoms with Crippen LogP contribution in [0.2, 0.25) is 0 Å². The molecule has 1 unspecified atom stereocenters. The second-order valence-corrected chi connectivity index (χ2v) is 6.74. The molecule has 2 fully saturated rings. The maximum Gasteiger partial charge on any atom is 0.253 e. The zero-order valence-corrected chi connectivity index (χ0v) is 13.9. The van der Waals surface area contributed by atoms with Gasteiger partial charge in [0.25, 0.3) is 5.91 Å². The average molecular weight is 333 g/mol. The van der Waals surface area contributed by atoms with Crippen molar-refractivity contribution in [3.05, 3.63) is 59.9 Å². The maximum atomic E-state index is 12.7. The monoisotopic (exact) mass is 333 g/mol. The predicted octanol–water partition coefficient (Wildman–Crippen LogP) is 2.93. The van der Waals surface area contributed by atoms with E-state index in [0.29, 0.717) is 18.7 Å². The minimum absolute atomic E-state index is 0.000690. The van der Waals surface area contributed by atoms with Crippen molar-refractivity contribution in [2.45, 2.75) is 30.8 Å². The number of nitrogens with zero attached hydrogens (tertiary/aromatic N) is 3. The molecule has 2 aromatic rings. The van der Waals surface area contributed by atoms with Crippen LogP contribution in [0.1, 0.15) is 35.2 Å². The van der Waals surface area contributed by atoms with Crippen molar-refractivity contribution in [1.82, 2.24) is 9.88 Å². The number of likely N-dealkylation sites (tertiary alicyclic amines) is 1. The molecule has 2 heterocycles. The summed E-state index contributed by atoms with van der Waals surface area (Å²) in [6, 6.07) is 13.6. The van der Waals surface area contributed by atoms with Gasteiger partial charge in [-0.1, -0.05) is 12.1 Å². The molecular weight excluding hydrogens is 314 g/mol. The molecule has 1 aliphatic heterocycles. The van der Waals surface area contributed by atoms with Crippen molar-refractivity contribution in [2.75, 3.05) is 13.1 Å². The summed E-state index contributed by atoms with van der Waals surface area (Å²) in [4.78, 5) is 18.6. The number of nitriles is 1. The number of hydrogen-bond donors (Lipinski definition) is 0. The van der Waals surface area contributed by atoms with Crippen molar-refractivity contribution in [1.29, 1.82) is 5.26 Å². The van der Waals surface area contributed by atoms with Crippen LogP contribution in [0.15, 0.2) is 48.8 Å². The maximum absolute atomic E-state index is 12.7. The van der Waals surface area contributed by atoms with E-state index in [1.807, 2.05) is 41.3 Å². The minimum Gasteiger partial charge on any atom is -0.487 e. The van der Waals surface area contributed by atoms with Gasteiger partial charge in [-0.05, 0) is 42.7 Å². The second-order valence-electron chi connectivity index (χ2n) is 6.74. The second kappa shape index (κ2) is 6.21. The van der Waals surface area contributed by atoms with E-state index in [1.54, 1.807) is 12.4 Å². The molecule has 0 bridgehead atoms. The summed E-state index contributed by atoms with van der Waals surface area (Å²) in [5.41, 5.74) is 1.38. The highest BCUT2D eigenvalue weighted by atomic mass is 16.5. The molecule has 1 saturated heterocycles. The van der Waals surface area contributed by atoms with Crippen molar-refractivity contribution in [2.24, 2.45) is 0 Å². The molecule has 1 aliphatic carbocycles. The molecule has 1 aromatic carbocycles. The van der Waals surface area contributed by atoms with Crippen LogP contribution in [0, 0.1) is 11.3 Å². The van der Waals surface area contributed by atoms with Gasteiger partial charge < -0.3 is 9.64 Å². The van der Waals surface area contributed by atoms with E-state index >= 15 is 0 Å². The van der Waals surface area contributed by atoms with E-state index in [9.17, 15) is 10.1 Å². The molecule has 2 aliphatic rings. The van der Waals surface area contributed by atoms with Gasteiger partial charge in [-0.3, -0.25) is 9.78 Å². The topological polar surface area (TPSA) is 66.2 Å². The highest BCUT2D eigenvalue weighted by molar-refractivity contribution is 5.94. The SMILES string of the molecule is N#CC1(c2ccc(C(=O)N3CCC(Oc4cccnc4)C3)cc2)CC1. The third kappa shape index (κ3) is 3.08. The van der Waals surface area contributed by atoms with Crippen molar-refractivity contribution >= 4 is 5.91 Å². The van der Waals surface area contributed by atoms with Gasteiger partial charge in [-0.15, -0.1) is 0 Å². The van der Waals surface area contributed by atoms with Crippen LogP contribution in [0.3, 0.4) is 0 Å². The summed E-state index contributed by atoms with van der Waals surface area (Å²) in [5, 5.41) is 9.27. The number of benzene rings is 1. The van der Waals surface area contributed by atoms with Gasteiger partial charge in [0, 0.05) is 24.7 Å². The Kier molecular flexibility index (Phi) is 3.89. The largest absolute Gasteiger partial charge is 0.487 e. The molecule has 1 saturated carbocycles. The Morgan fingerprint density at radius 3 is 2.72 bits per heavy atom. The molecule has 0 N–H and O–H groups in total. The quantitative estimate of drug-likeness (QED) is 0.863. The Bertz CT molecular complexity index is 807. The highest BCUT2D eigenvalue weighted by Crippen LogP contribution is 2.47. The summed E-state index contributed by atoms with van der Waals surface area (Å²) < 4.78 is 5.89. The van der Waals surface area contributed by atoms with Crippen molar-refractivity contribution in [3.8, 4) is 11.8 Å². The van der Waals surface area contributed by atoms with Crippen LogP contribution in [0.4, 0.5) is 0 Å². The van der Waals surface area contributed by atoms with E-state index in [0.717, 1.165) is 30.6 Å². The third-order valence-corrected chi connectivity index (χ3v) is 5.02. The summed E-state index contributed by atoms with van der Waals surface area (Å²) in [7, 11) is 0. The van der Waals surface area contributed by atoms with Crippen LogP contribution in [-0.2, 0) is 5.41 Å². The standard InChI is InChI=1S/C20H19N3O2/c21-14-20(8-9-20)16-5-3-15(4-6-16)19(24)23-11-7-18(13-23)25-17-2-1-10-22-12-17/h1-6,10,12,18H,7-9,11,13H2. The summed E-state index contributed by atoms with van der Waals surface area (Å²) >= 11 is 0. The lowest BCUT2D eigenvalue weighted by Crippen LogP contribution is -2.31. The number of amides is 1. The molecule has 25 heavy (non-hydrogen) atoms. The summed E-state index contributed by atoms with van der Waals surface area (Å²) in [5.74, 6) is 0.753. The first-order valence-corrected chi connectivity index (χ1v) is 8.58. The van der Waals surface area contributed by atoms with Gasteiger partial charge in [0.1, 0.15) is 11.9 Å². The molecule has 0 radical (unpaired) electrons. The molecule has 5 nitrogen and oxygen atoms in total. The smallest absolute Gasteiger partial charge is 0.253 e. The molecule has 5 heteroatoms. The van der Waals surface area contributed by atoms with E-state index in [4.69, 9.17) is 4.74 Å². The lowest BCUT2D eigenvalue weighted by Gasteiger charge is -2.17. The molecule has 1 atom stereocenters. The fourth-order valence-electron chi connectivity index (χ4n) is 3.32. The summed E-state index contributed by atoms with van der Waals surface area (Å²) in [6.45, 7) is 1.27. The van der Waals surface area contributed by atoms with Gasteiger partial charge in [0.15, 0.2) is 0 Å². The first-order chi connectivity index (χ1) is 12.2. The molecule has 126 valence electrons. The zero-order chi connectivity index (χ0) is 17.3. The number of carbonyl (C=O) groups excluding carboxylic acids is 1. The molecule has 4 rings (SSSR count). The highest BCUT2D eigenvalue weighted by Gasteiger charge is 2.44. The van der Waals surface area contributed by atoms with E-state index in [1.165, 1.54) is 0 Å². The number of pyridine rings is 1. The fraction of sp³-hybridized carbons (Fsp3) is 0.350. The minimum atomic E-state index is -0.308. The van der Waals surface area contributed by atoms with Crippen LogP contribution in [0.5, 0.6) is 5.75 Å². The van der Waals surface area contributed by atoms with Crippen LogP contribution in [-0.4, -0.2) is 35.0 Å². The number of hydrogen-bond acceptors (Lipinski definition) is 4. The van der Waals surface area contributed by atoms with Gasteiger partial charge in [0.05, 0.1) is 24.2 Å². The fourth-order valence-corrected chi connectivity index (χ4v) is 3.32. The Morgan fingerprint density at radius 1 is 1.28 bits per heavy atom. The van der Waals surface area contributed by atoms with Gasteiger partial charge >= 0.3 is 0 Å². The predicted molar refractivity (Wildman–Crippen MR) is 92.1 cm³/mol. The Hall–Kier alpha value is -2.87. The first kappa shape index (κ1) is 15.6. The first-order valence-electron chi connectivity index (χ1n) is 8.58. The average Bonchev–Trinajstić information content (AvgIpc) is 3.34. The number of carbonyl (C=O) groups is 1. The van der Waals surface area contributed by atoms with Crippen molar-refractivity contribution < 1.29 is 9.53 Å². The van der Waals surface area contributed by atoms with E-state index in [2.05, 4.69) is 11.1 Å². The van der Waals surface area contributed by atoms with Crippen molar-refractivity contribution in [3.63, 3.8) is 0 Å². The van der Waals surface area contributed by atoms with Crippen LogP contribution in [0.25, 0.3) is 0 Å². The molecular formula is C20H19N3O2. The van der Waals surface area contributed by atoms with Gasteiger partial charge in [-0.25, -0.2) is 0 Å². The van der Waals surface area contributed by atoms with Gasteiger partial charge in [0.2, 0.25) is 0 Å². The van der Waals surface area contributed by atoms with Crippen LogP contribution < -0.4 is 4.74 Å². The number of aromatic nitrogens is 1. The Morgan fingerprint density at radius 2 is 2.08 bits per heavy atom.